The zero-order chi connectivity index (χ0) is 21.0. The first-order valence-corrected chi connectivity index (χ1v) is 10.1. The normalized spacial score (nSPS) is 23.7. The van der Waals surface area contributed by atoms with Crippen LogP contribution in [0.15, 0.2) is 36.6 Å². The Morgan fingerprint density at radius 2 is 2.10 bits per heavy atom. The topological polar surface area (TPSA) is 105 Å². The summed E-state index contributed by atoms with van der Waals surface area (Å²) in [5.74, 6) is -1.89. The second kappa shape index (κ2) is 8.59. The van der Waals surface area contributed by atoms with E-state index < -0.39 is 17.7 Å². The number of pyridine rings is 1. The number of carbonyl (C=O) groups is 3. The number of nitrogens with zero attached hydrogens (tertiary/aromatic N) is 2. The van der Waals surface area contributed by atoms with Gasteiger partial charge in [-0.1, -0.05) is 38.2 Å². The Hall–Kier alpha value is -2.96. The SMILES string of the molecule is CCc1ncc(NC(=O)C(=O)N2CCCC[C@H]2C2(C)C=CC=CC2)cc1C(N)=O. The second-order valence-corrected chi connectivity index (χ2v) is 7.90. The maximum absolute atomic E-state index is 13.0. The van der Waals surface area contributed by atoms with Gasteiger partial charge in [-0.3, -0.25) is 19.4 Å². The Bertz CT molecular complexity index is 877. The van der Waals surface area contributed by atoms with Gasteiger partial charge in [-0.25, -0.2) is 0 Å². The highest BCUT2D eigenvalue weighted by molar-refractivity contribution is 6.39. The number of allylic oxidation sites excluding steroid dienone is 3. The summed E-state index contributed by atoms with van der Waals surface area (Å²) < 4.78 is 0. The van der Waals surface area contributed by atoms with Crippen molar-refractivity contribution in [1.29, 1.82) is 0 Å². The molecule has 2 aliphatic rings. The molecule has 1 unspecified atom stereocenters. The number of rotatable bonds is 4. The molecule has 3 rings (SSSR count). The predicted octanol–water partition coefficient (Wildman–Crippen LogP) is 2.58. The molecule has 154 valence electrons. The van der Waals surface area contributed by atoms with E-state index in [1.807, 2.05) is 19.1 Å². The fourth-order valence-corrected chi connectivity index (χ4v) is 4.22. The zero-order valence-electron chi connectivity index (χ0n) is 17.0. The molecule has 29 heavy (non-hydrogen) atoms. The minimum Gasteiger partial charge on any atom is -0.366 e. The van der Waals surface area contributed by atoms with Crippen LogP contribution in [0.2, 0.25) is 0 Å². The molecule has 7 heteroatoms. The molecule has 7 nitrogen and oxygen atoms in total. The molecule has 1 fully saturated rings. The number of likely N-dealkylation sites (tertiary alicyclic amines) is 1. The van der Waals surface area contributed by atoms with Gasteiger partial charge >= 0.3 is 11.8 Å². The van der Waals surface area contributed by atoms with Crippen LogP contribution >= 0.6 is 0 Å². The minimum absolute atomic E-state index is 0.0301. The quantitative estimate of drug-likeness (QED) is 0.763. The van der Waals surface area contributed by atoms with Crippen molar-refractivity contribution in [3.05, 3.63) is 47.8 Å². The molecular formula is C22H28N4O3. The average Bonchev–Trinajstić information content (AvgIpc) is 2.73. The van der Waals surface area contributed by atoms with Crippen LogP contribution in [0.5, 0.6) is 0 Å². The lowest BCUT2D eigenvalue weighted by Gasteiger charge is -2.45. The number of nitrogens with two attached hydrogens (primary N) is 1. The molecule has 1 aromatic rings. The summed E-state index contributed by atoms with van der Waals surface area (Å²) in [6.45, 7) is 4.56. The van der Waals surface area contributed by atoms with E-state index in [4.69, 9.17) is 5.73 Å². The standard InChI is InChI=1S/C22H28N4O3/c1-3-17-16(19(23)27)13-15(14-24-17)25-20(28)21(29)26-12-8-5-9-18(26)22(2)10-6-4-7-11-22/h4,6-7,10,13-14,18H,3,5,8-9,11-12H2,1-2H3,(H2,23,27)(H,25,28)/t18-,22?/m0/s1. The molecule has 3 amide bonds. The largest absolute Gasteiger partial charge is 0.366 e. The Labute approximate surface area is 171 Å². The van der Waals surface area contributed by atoms with Crippen molar-refractivity contribution in [2.24, 2.45) is 11.1 Å². The van der Waals surface area contributed by atoms with Gasteiger partial charge in [-0.2, -0.15) is 0 Å². The van der Waals surface area contributed by atoms with Crippen LogP contribution in [-0.2, 0) is 16.0 Å². The molecule has 1 aliphatic heterocycles. The van der Waals surface area contributed by atoms with Gasteiger partial charge in [0, 0.05) is 18.0 Å². The van der Waals surface area contributed by atoms with Gasteiger partial charge < -0.3 is 16.0 Å². The van der Waals surface area contributed by atoms with Crippen molar-refractivity contribution in [3.8, 4) is 0 Å². The van der Waals surface area contributed by atoms with E-state index in [2.05, 4.69) is 29.4 Å². The molecule has 2 heterocycles. The lowest BCUT2D eigenvalue weighted by atomic mass is 9.73. The number of carbonyl (C=O) groups excluding carboxylic acids is 3. The Kier molecular flexibility index (Phi) is 6.15. The van der Waals surface area contributed by atoms with Crippen molar-refractivity contribution < 1.29 is 14.4 Å². The Balaban J connectivity index is 1.77. The fourth-order valence-electron chi connectivity index (χ4n) is 4.22. The maximum atomic E-state index is 13.0. The van der Waals surface area contributed by atoms with Gasteiger partial charge in [0.2, 0.25) is 0 Å². The number of anilines is 1. The van der Waals surface area contributed by atoms with Gasteiger partial charge in [0.15, 0.2) is 0 Å². The molecule has 1 aromatic heterocycles. The van der Waals surface area contributed by atoms with Crippen molar-refractivity contribution >= 4 is 23.4 Å². The third-order valence-corrected chi connectivity index (χ3v) is 5.83. The van der Waals surface area contributed by atoms with E-state index in [1.165, 1.54) is 12.3 Å². The third-order valence-electron chi connectivity index (χ3n) is 5.83. The van der Waals surface area contributed by atoms with Crippen LogP contribution in [0.1, 0.15) is 55.6 Å². The lowest BCUT2D eigenvalue weighted by molar-refractivity contribution is -0.147. The first kappa shape index (κ1) is 20.8. The number of hydrogen-bond acceptors (Lipinski definition) is 4. The molecule has 0 radical (unpaired) electrons. The summed E-state index contributed by atoms with van der Waals surface area (Å²) in [5, 5.41) is 2.59. The number of hydrogen-bond donors (Lipinski definition) is 2. The minimum atomic E-state index is -0.725. The second-order valence-electron chi connectivity index (χ2n) is 7.90. The number of piperidine rings is 1. The predicted molar refractivity (Wildman–Crippen MR) is 111 cm³/mol. The molecule has 0 aromatic carbocycles. The van der Waals surface area contributed by atoms with E-state index in [0.29, 0.717) is 18.7 Å². The number of primary amides is 1. The van der Waals surface area contributed by atoms with Crippen LogP contribution in [-0.4, -0.2) is 40.2 Å². The first-order valence-electron chi connectivity index (χ1n) is 10.1. The summed E-state index contributed by atoms with van der Waals surface area (Å²) in [7, 11) is 0. The van der Waals surface area contributed by atoms with Gasteiger partial charge in [0.25, 0.3) is 5.91 Å². The number of aryl methyl sites for hydroxylation is 1. The van der Waals surface area contributed by atoms with Gasteiger partial charge in [0.05, 0.1) is 23.1 Å². The highest BCUT2D eigenvalue weighted by atomic mass is 16.2. The number of nitrogens with one attached hydrogen (secondary N) is 1. The van der Waals surface area contributed by atoms with E-state index in [-0.39, 0.29) is 22.7 Å². The molecular weight excluding hydrogens is 368 g/mol. The highest BCUT2D eigenvalue weighted by Gasteiger charge is 2.41. The maximum Gasteiger partial charge on any atom is 0.313 e. The van der Waals surface area contributed by atoms with Crippen LogP contribution in [0, 0.1) is 5.41 Å². The van der Waals surface area contributed by atoms with Gasteiger partial charge in [-0.15, -0.1) is 0 Å². The molecule has 2 atom stereocenters. The van der Waals surface area contributed by atoms with E-state index in [0.717, 1.165) is 25.7 Å². The average molecular weight is 396 g/mol. The van der Waals surface area contributed by atoms with Crippen molar-refractivity contribution in [1.82, 2.24) is 9.88 Å². The van der Waals surface area contributed by atoms with Crippen LogP contribution in [0.25, 0.3) is 0 Å². The summed E-state index contributed by atoms with van der Waals surface area (Å²) in [4.78, 5) is 43.2. The van der Waals surface area contributed by atoms with Crippen molar-refractivity contribution in [2.75, 3.05) is 11.9 Å². The molecule has 1 saturated heterocycles. The molecule has 3 N–H and O–H groups in total. The summed E-state index contributed by atoms with van der Waals surface area (Å²) in [5.41, 5.74) is 6.31. The fraction of sp³-hybridized carbons (Fsp3) is 0.455. The first-order chi connectivity index (χ1) is 13.9. The summed E-state index contributed by atoms with van der Waals surface area (Å²) >= 11 is 0. The van der Waals surface area contributed by atoms with Gasteiger partial charge in [-0.05, 0) is 38.2 Å². The van der Waals surface area contributed by atoms with E-state index >= 15 is 0 Å². The zero-order valence-corrected chi connectivity index (χ0v) is 17.0. The van der Waals surface area contributed by atoms with Crippen molar-refractivity contribution in [2.45, 2.75) is 52.0 Å². The molecule has 0 bridgehead atoms. The van der Waals surface area contributed by atoms with Crippen LogP contribution in [0.3, 0.4) is 0 Å². The summed E-state index contributed by atoms with van der Waals surface area (Å²) in [6, 6.07) is 1.45. The van der Waals surface area contributed by atoms with E-state index in [1.54, 1.807) is 4.90 Å². The smallest absolute Gasteiger partial charge is 0.313 e. The summed E-state index contributed by atoms with van der Waals surface area (Å²) in [6.07, 6.45) is 13.9. The van der Waals surface area contributed by atoms with Crippen LogP contribution < -0.4 is 11.1 Å². The van der Waals surface area contributed by atoms with Gasteiger partial charge in [0.1, 0.15) is 0 Å². The van der Waals surface area contributed by atoms with E-state index in [9.17, 15) is 14.4 Å². The molecule has 0 spiro atoms. The lowest BCUT2D eigenvalue weighted by Crippen LogP contribution is -2.54. The molecule has 1 aliphatic carbocycles. The third kappa shape index (κ3) is 4.39. The molecule has 0 saturated carbocycles. The Morgan fingerprint density at radius 1 is 1.31 bits per heavy atom. The highest BCUT2D eigenvalue weighted by Crippen LogP contribution is 2.39. The van der Waals surface area contributed by atoms with Crippen molar-refractivity contribution in [3.63, 3.8) is 0 Å². The monoisotopic (exact) mass is 396 g/mol. The Morgan fingerprint density at radius 3 is 2.76 bits per heavy atom. The number of amides is 3. The van der Waals surface area contributed by atoms with Crippen LogP contribution in [0.4, 0.5) is 5.69 Å². The number of aromatic nitrogens is 1.